The number of hydrazone groups is 1. The standard InChI is InChI=1S/C17H18N4O/c1-13-11-17(22)20(2)19-16(13)8-5-14-3-6-15(7-4-14)21-10-9-18-12-21/h3-10,12-13H,11H2,1-2H3. The third kappa shape index (κ3) is 2.98. The van der Waals surface area contributed by atoms with E-state index in [1.807, 2.05) is 42.0 Å². The zero-order valence-corrected chi connectivity index (χ0v) is 12.7. The summed E-state index contributed by atoms with van der Waals surface area (Å²) in [6, 6.07) is 8.19. The second kappa shape index (κ2) is 5.97. The molecule has 0 saturated carbocycles. The summed E-state index contributed by atoms with van der Waals surface area (Å²) in [6.07, 6.45) is 9.97. The normalized spacial score (nSPS) is 18.8. The van der Waals surface area contributed by atoms with Gasteiger partial charge < -0.3 is 4.57 Å². The predicted molar refractivity (Wildman–Crippen MR) is 86.6 cm³/mol. The average Bonchev–Trinajstić information content (AvgIpc) is 3.04. The molecule has 1 atom stereocenters. The molecule has 0 radical (unpaired) electrons. The van der Waals surface area contributed by atoms with Crippen LogP contribution in [0.2, 0.25) is 0 Å². The van der Waals surface area contributed by atoms with Crippen molar-refractivity contribution in [3.8, 4) is 5.69 Å². The highest BCUT2D eigenvalue weighted by Crippen LogP contribution is 2.17. The Kier molecular flexibility index (Phi) is 3.87. The molecule has 0 fully saturated rings. The van der Waals surface area contributed by atoms with Crippen molar-refractivity contribution in [1.82, 2.24) is 14.6 Å². The number of carbonyl (C=O) groups is 1. The summed E-state index contributed by atoms with van der Waals surface area (Å²) in [4.78, 5) is 15.6. The molecule has 112 valence electrons. The zero-order chi connectivity index (χ0) is 15.5. The van der Waals surface area contributed by atoms with Gasteiger partial charge in [-0.2, -0.15) is 5.10 Å². The topological polar surface area (TPSA) is 50.5 Å². The molecule has 1 aromatic carbocycles. The second-order valence-corrected chi connectivity index (χ2v) is 5.44. The number of imidazole rings is 1. The van der Waals surface area contributed by atoms with Crippen LogP contribution < -0.4 is 0 Å². The van der Waals surface area contributed by atoms with Crippen LogP contribution in [0.5, 0.6) is 0 Å². The number of hydrogen-bond donors (Lipinski definition) is 0. The van der Waals surface area contributed by atoms with E-state index in [9.17, 15) is 4.79 Å². The molecule has 3 rings (SSSR count). The molecule has 5 heteroatoms. The van der Waals surface area contributed by atoms with Crippen LogP contribution in [-0.2, 0) is 4.79 Å². The van der Waals surface area contributed by atoms with E-state index in [0.717, 1.165) is 17.0 Å². The summed E-state index contributed by atoms with van der Waals surface area (Å²) in [5.41, 5.74) is 3.10. The van der Waals surface area contributed by atoms with Crippen LogP contribution in [0.15, 0.2) is 54.2 Å². The fraction of sp³-hybridized carbons (Fsp3) is 0.235. The maximum atomic E-state index is 11.6. The fourth-order valence-electron chi connectivity index (χ4n) is 2.37. The van der Waals surface area contributed by atoms with Crippen LogP contribution in [0.3, 0.4) is 0 Å². The number of nitrogens with zero attached hydrogens (tertiary/aromatic N) is 4. The molecule has 1 amide bonds. The van der Waals surface area contributed by atoms with Gasteiger partial charge in [0.1, 0.15) is 0 Å². The van der Waals surface area contributed by atoms with Crippen molar-refractivity contribution in [2.75, 3.05) is 7.05 Å². The highest BCUT2D eigenvalue weighted by atomic mass is 16.2. The smallest absolute Gasteiger partial charge is 0.243 e. The Morgan fingerprint density at radius 1 is 1.23 bits per heavy atom. The number of rotatable bonds is 3. The third-order valence-corrected chi connectivity index (χ3v) is 3.75. The SMILES string of the molecule is CC1CC(=O)N(C)N=C1C=Cc1ccc(-n2ccnc2)cc1. The molecule has 22 heavy (non-hydrogen) atoms. The molecular formula is C17H18N4O. The Morgan fingerprint density at radius 3 is 2.68 bits per heavy atom. The van der Waals surface area contributed by atoms with Gasteiger partial charge in [-0.25, -0.2) is 9.99 Å². The molecule has 0 saturated heterocycles. The van der Waals surface area contributed by atoms with Crippen molar-refractivity contribution in [2.45, 2.75) is 13.3 Å². The van der Waals surface area contributed by atoms with Crippen molar-refractivity contribution < 1.29 is 4.79 Å². The number of allylic oxidation sites excluding steroid dienone is 1. The first-order chi connectivity index (χ1) is 10.6. The molecule has 0 aliphatic carbocycles. The quantitative estimate of drug-likeness (QED) is 0.874. The molecule has 1 aromatic heterocycles. The first kappa shape index (κ1) is 14.3. The van der Waals surface area contributed by atoms with Gasteiger partial charge in [0.05, 0.1) is 12.0 Å². The Balaban J connectivity index is 1.76. The van der Waals surface area contributed by atoms with E-state index in [4.69, 9.17) is 0 Å². The van der Waals surface area contributed by atoms with Crippen LogP contribution in [0.25, 0.3) is 11.8 Å². The zero-order valence-electron chi connectivity index (χ0n) is 12.7. The fourth-order valence-corrected chi connectivity index (χ4v) is 2.37. The highest BCUT2D eigenvalue weighted by Gasteiger charge is 2.22. The first-order valence-electron chi connectivity index (χ1n) is 7.25. The van der Waals surface area contributed by atoms with Crippen LogP contribution in [-0.4, -0.2) is 33.2 Å². The third-order valence-electron chi connectivity index (χ3n) is 3.75. The van der Waals surface area contributed by atoms with Gasteiger partial charge in [-0.3, -0.25) is 4.79 Å². The Morgan fingerprint density at radius 2 is 2.00 bits per heavy atom. The van der Waals surface area contributed by atoms with Gasteiger partial charge in [0.2, 0.25) is 5.91 Å². The van der Waals surface area contributed by atoms with Crippen LogP contribution in [0.4, 0.5) is 0 Å². The van der Waals surface area contributed by atoms with Gasteiger partial charge >= 0.3 is 0 Å². The van der Waals surface area contributed by atoms with Crippen LogP contribution in [0, 0.1) is 5.92 Å². The maximum Gasteiger partial charge on any atom is 0.243 e. The largest absolute Gasteiger partial charge is 0.306 e. The Bertz CT molecular complexity index is 714. The van der Waals surface area contributed by atoms with Gasteiger partial charge in [0.15, 0.2) is 0 Å². The summed E-state index contributed by atoms with van der Waals surface area (Å²) >= 11 is 0. The minimum Gasteiger partial charge on any atom is -0.306 e. The number of benzene rings is 1. The minimum atomic E-state index is 0.0642. The lowest BCUT2D eigenvalue weighted by molar-refractivity contribution is -0.131. The number of amides is 1. The first-order valence-corrected chi connectivity index (χ1v) is 7.25. The average molecular weight is 294 g/mol. The number of carbonyl (C=O) groups excluding carboxylic acids is 1. The summed E-state index contributed by atoms with van der Waals surface area (Å²) in [5, 5.41) is 5.74. The van der Waals surface area contributed by atoms with Gasteiger partial charge in [0, 0.05) is 37.5 Å². The van der Waals surface area contributed by atoms with E-state index >= 15 is 0 Å². The number of hydrogen-bond acceptors (Lipinski definition) is 3. The second-order valence-electron chi connectivity index (χ2n) is 5.44. The highest BCUT2D eigenvalue weighted by molar-refractivity contribution is 6.03. The monoisotopic (exact) mass is 294 g/mol. The lowest BCUT2D eigenvalue weighted by Crippen LogP contribution is -2.32. The van der Waals surface area contributed by atoms with Gasteiger partial charge in [0.25, 0.3) is 0 Å². The molecule has 0 N–H and O–H groups in total. The molecule has 1 unspecified atom stereocenters. The lowest BCUT2D eigenvalue weighted by atomic mass is 9.98. The molecule has 0 bridgehead atoms. The predicted octanol–water partition coefficient (Wildman–Crippen LogP) is 2.74. The van der Waals surface area contributed by atoms with Crippen LogP contribution in [0.1, 0.15) is 18.9 Å². The molecular weight excluding hydrogens is 276 g/mol. The van der Waals surface area contributed by atoms with Crippen molar-refractivity contribution in [2.24, 2.45) is 11.0 Å². The summed E-state index contributed by atoms with van der Waals surface area (Å²) in [7, 11) is 1.70. The molecule has 1 aliphatic rings. The number of aromatic nitrogens is 2. The van der Waals surface area contributed by atoms with Gasteiger partial charge in [-0.1, -0.05) is 25.1 Å². The van der Waals surface area contributed by atoms with Crippen molar-refractivity contribution >= 4 is 17.7 Å². The molecule has 2 aromatic rings. The van der Waals surface area contributed by atoms with Crippen molar-refractivity contribution in [3.63, 3.8) is 0 Å². The van der Waals surface area contributed by atoms with E-state index in [1.54, 1.807) is 19.6 Å². The van der Waals surface area contributed by atoms with Crippen molar-refractivity contribution in [1.29, 1.82) is 0 Å². The van der Waals surface area contributed by atoms with E-state index in [0.29, 0.717) is 6.42 Å². The molecule has 0 spiro atoms. The van der Waals surface area contributed by atoms with Crippen molar-refractivity contribution in [3.05, 3.63) is 54.6 Å². The maximum absolute atomic E-state index is 11.6. The van der Waals surface area contributed by atoms with E-state index in [1.165, 1.54) is 5.01 Å². The Labute approximate surface area is 129 Å². The van der Waals surface area contributed by atoms with Gasteiger partial charge in [-0.05, 0) is 23.8 Å². The molecule has 5 nitrogen and oxygen atoms in total. The van der Waals surface area contributed by atoms with E-state index in [-0.39, 0.29) is 11.8 Å². The molecule has 1 aliphatic heterocycles. The lowest BCUT2D eigenvalue weighted by Gasteiger charge is -2.22. The van der Waals surface area contributed by atoms with E-state index in [2.05, 4.69) is 22.2 Å². The minimum absolute atomic E-state index is 0.0642. The summed E-state index contributed by atoms with van der Waals surface area (Å²) in [5.74, 6) is 0.222. The molecule has 2 heterocycles. The summed E-state index contributed by atoms with van der Waals surface area (Å²) in [6.45, 7) is 2.02. The summed E-state index contributed by atoms with van der Waals surface area (Å²) < 4.78 is 1.96. The van der Waals surface area contributed by atoms with Crippen LogP contribution >= 0.6 is 0 Å². The van der Waals surface area contributed by atoms with Gasteiger partial charge in [-0.15, -0.1) is 0 Å². The Hall–Kier alpha value is -2.69. The van der Waals surface area contributed by atoms with E-state index < -0.39 is 0 Å².